The van der Waals surface area contributed by atoms with Crippen molar-refractivity contribution >= 4 is 28.9 Å². The van der Waals surface area contributed by atoms with Crippen molar-refractivity contribution in [2.24, 2.45) is 5.92 Å². The molecule has 37 heavy (non-hydrogen) atoms. The van der Waals surface area contributed by atoms with Crippen LogP contribution in [0.4, 0.5) is 10.5 Å². The monoisotopic (exact) mass is 532 g/mol. The number of nitrogens with zero attached hydrogens (tertiary/aromatic N) is 3. The number of nitrogens with one attached hydrogen (secondary N) is 1. The van der Waals surface area contributed by atoms with E-state index in [1.165, 1.54) is 0 Å². The van der Waals surface area contributed by atoms with Gasteiger partial charge in [-0.25, -0.2) is 14.5 Å². The summed E-state index contributed by atoms with van der Waals surface area (Å²) in [6.45, 7) is 2.90. The van der Waals surface area contributed by atoms with Crippen LogP contribution in [0.15, 0.2) is 48.5 Å². The van der Waals surface area contributed by atoms with Gasteiger partial charge in [0, 0.05) is 26.2 Å². The first-order chi connectivity index (χ1) is 17.9. The van der Waals surface area contributed by atoms with E-state index in [4.69, 9.17) is 9.47 Å². The second kappa shape index (κ2) is 12.4. The normalized spacial score (nSPS) is 18.1. The number of carbonyl (C=O) groups excluding carboxylic acids is 2. The van der Waals surface area contributed by atoms with Crippen LogP contribution in [0, 0.1) is 5.92 Å². The summed E-state index contributed by atoms with van der Waals surface area (Å²) in [6, 6.07) is 13.3. The Balaban J connectivity index is 1.50. The Morgan fingerprint density at radius 2 is 1.54 bits per heavy atom. The number of hydrogen-bond donors (Lipinski definition) is 3. The van der Waals surface area contributed by atoms with E-state index >= 15 is 0 Å². The highest BCUT2D eigenvalue weighted by molar-refractivity contribution is 7.80. The molecule has 0 aromatic heterocycles. The lowest BCUT2D eigenvalue weighted by atomic mass is 9.88. The summed E-state index contributed by atoms with van der Waals surface area (Å²) in [5.41, 5.74) is 3.84. The number of hydrogen-bond acceptors (Lipinski definition) is 6. The summed E-state index contributed by atoms with van der Waals surface area (Å²) in [7, 11) is 1.60. The highest BCUT2D eigenvalue weighted by Crippen LogP contribution is 2.31. The zero-order valence-corrected chi connectivity index (χ0v) is 21.4. The molecule has 2 aliphatic heterocycles. The Bertz CT molecular complexity index is 1090. The van der Waals surface area contributed by atoms with Gasteiger partial charge >= 0.3 is 6.03 Å². The van der Waals surface area contributed by atoms with Gasteiger partial charge in [0.05, 0.1) is 26.0 Å². The zero-order valence-electron chi connectivity index (χ0n) is 20.6. The molecular weight excluding hydrogens is 500 g/mol. The Labute approximate surface area is 218 Å². The van der Waals surface area contributed by atoms with Gasteiger partial charge in [-0.2, -0.15) is 0 Å². The summed E-state index contributed by atoms with van der Waals surface area (Å²) in [6.07, 6.45) is 0.873. The van der Waals surface area contributed by atoms with E-state index in [0.29, 0.717) is 57.9 Å². The minimum Gasteiger partial charge on any atom is -0.497 e. The van der Waals surface area contributed by atoms with Gasteiger partial charge in [0.2, 0.25) is 0 Å². The third-order valence-electron chi connectivity index (χ3n) is 6.88. The van der Waals surface area contributed by atoms with Crippen LogP contribution in [0.25, 0.3) is 11.1 Å². The van der Waals surface area contributed by atoms with Crippen LogP contribution in [0.3, 0.4) is 0 Å². The van der Waals surface area contributed by atoms with Gasteiger partial charge in [-0.05, 0) is 54.2 Å². The maximum atomic E-state index is 12.8. The fourth-order valence-electron chi connectivity index (χ4n) is 4.87. The van der Waals surface area contributed by atoms with E-state index in [1.807, 2.05) is 24.3 Å². The summed E-state index contributed by atoms with van der Waals surface area (Å²) >= 11 is -2.54. The van der Waals surface area contributed by atoms with Gasteiger partial charge in [0.15, 0.2) is 0 Å². The molecule has 2 fully saturated rings. The lowest BCUT2D eigenvalue weighted by Crippen LogP contribution is -2.55. The van der Waals surface area contributed by atoms with E-state index in [2.05, 4.69) is 0 Å². The largest absolute Gasteiger partial charge is 0.497 e. The predicted molar refractivity (Wildman–Crippen MR) is 137 cm³/mol. The molecule has 0 saturated carbocycles. The number of likely N-dealkylation sites (tertiary alicyclic amines) is 1. The number of piperidine rings is 1. The molecule has 2 aliphatic rings. The third kappa shape index (κ3) is 6.21. The summed E-state index contributed by atoms with van der Waals surface area (Å²) in [5.74, 6) is -0.407. The van der Waals surface area contributed by atoms with Crippen molar-refractivity contribution in [2.75, 3.05) is 50.8 Å². The van der Waals surface area contributed by atoms with E-state index in [0.717, 1.165) is 21.2 Å². The highest BCUT2D eigenvalue weighted by Gasteiger charge is 2.40. The van der Waals surface area contributed by atoms with E-state index in [9.17, 15) is 23.6 Å². The van der Waals surface area contributed by atoms with Crippen LogP contribution < -0.4 is 14.5 Å². The first-order valence-corrected chi connectivity index (χ1v) is 13.2. The maximum Gasteiger partial charge on any atom is 0.320 e. The van der Waals surface area contributed by atoms with Crippen molar-refractivity contribution < 1.29 is 33.0 Å². The molecule has 3 amide bonds. The summed E-state index contributed by atoms with van der Waals surface area (Å²) in [4.78, 5) is 29.1. The smallest absolute Gasteiger partial charge is 0.320 e. The van der Waals surface area contributed by atoms with Gasteiger partial charge in [-0.1, -0.05) is 24.3 Å². The number of ether oxygens (including phenoxy) is 2. The van der Waals surface area contributed by atoms with E-state index in [-0.39, 0.29) is 11.9 Å². The van der Waals surface area contributed by atoms with Gasteiger partial charge < -0.3 is 19.3 Å². The number of amides is 3. The SMILES string of the molecule is COc1ccc(-c2ccc(N(C(C(=O)NO)C3CCN(C(=O)N4CCOCC4)CC3)S(=O)O)cc2)cc1. The molecule has 2 aromatic rings. The molecule has 200 valence electrons. The second-order valence-corrected chi connectivity index (χ2v) is 9.81. The van der Waals surface area contributed by atoms with Crippen molar-refractivity contribution in [3.05, 3.63) is 48.5 Å². The molecule has 2 unspecified atom stereocenters. The molecule has 0 spiro atoms. The summed E-state index contributed by atoms with van der Waals surface area (Å²) in [5, 5.41) is 9.46. The van der Waals surface area contributed by atoms with E-state index < -0.39 is 23.2 Å². The Morgan fingerprint density at radius 3 is 2.05 bits per heavy atom. The van der Waals surface area contributed by atoms with Crippen molar-refractivity contribution in [1.82, 2.24) is 15.3 Å². The van der Waals surface area contributed by atoms with Gasteiger partial charge in [-0.15, -0.1) is 0 Å². The molecule has 3 N–H and O–H groups in total. The van der Waals surface area contributed by atoms with Crippen LogP contribution in [-0.2, 0) is 20.8 Å². The summed E-state index contributed by atoms with van der Waals surface area (Å²) < 4.78 is 34.3. The van der Waals surface area contributed by atoms with Gasteiger partial charge in [0.1, 0.15) is 11.8 Å². The van der Waals surface area contributed by atoms with Crippen molar-refractivity contribution in [3.8, 4) is 16.9 Å². The van der Waals surface area contributed by atoms with Crippen LogP contribution in [0.5, 0.6) is 5.75 Å². The van der Waals surface area contributed by atoms with Crippen molar-refractivity contribution in [1.29, 1.82) is 0 Å². The molecular formula is C25H32N4O7S. The number of carbonyl (C=O) groups is 2. The van der Waals surface area contributed by atoms with Crippen LogP contribution >= 0.6 is 0 Å². The molecule has 2 heterocycles. The number of methoxy groups -OCH3 is 1. The highest BCUT2D eigenvalue weighted by atomic mass is 32.2. The minimum atomic E-state index is -2.54. The molecule has 2 saturated heterocycles. The Hall–Kier alpha value is -3.19. The average Bonchev–Trinajstić information content (AvgIpc) is 2.95. The van der Waals surface area contributed by atoms with Crippen molar-refractivity contribution in [3.63, 3.8) is 0 Å². The topological polar surface area (TPSA) is 132 Å². The number of urea groups is 1. The molecule has 2 atom stereocenters. The molecule has 11 nitrogen and oxygen atoms in total. The van der Waals surface area contributed by atoms with Gasteiger partial charge in [0.25, 0.3) is 17.2 Å². The van der Waals surface area contributed by atoms with Crippen LogP contribution in [0.1, 0.15) is 12.8 Å². The maximum absolute atomic E-state index is 12.8. The Morgan fingerprint density at radius 1 is 1.00 bits per heavy atom. The van der Waals surface area contributed by atoms with Gasteiger partial charge in [-0.3, -0.25) is 18.9 Å². The lowest BCUT2D eigenvalue weighted by Gasteiger charge is -2.40. The fourth-order valence-corrected chi connectivity index (χ4v) is 5.64. The quantitative estimate of drug-likeness (QED) is 0.283. The molecule has 0 aliphatic carbocycles. The van der Waals surface area contributed by atoms with Crippen LogP contribution in [-0.4, -0.2) is 88.3 Å². The Kier molecular flexibility index (Phi) is 8.98. The first-order valence-electron chi connectivity index (χ1n) is 12.1. The van der Waals surface area contributed by atoms with Crippen molar-refractivity contribution in [2.45, 2.75) is 18.9 Å². The predicted octanol–water partition coefficient (Wildman–Crippen LogP) is 2.34. The minimum absolute atomic E-state index is 0.0679. The van der Waals surface area contributed by atoms with Crippen LogP contribution in [0.2, 0.25) is 0 Å². The number of benzene rings is 2. The zero-order chi connectivity index (χ0) is 26.4. The average molecular weight is 533 g/mol. The first kappa shape index (κ1) is 26.9. The molecule has 4 rings (SSSR count). The standard InChI is InChI=1S/C25H32N4O7S/c1-35-22-8-4-19(5-9-22)18-2-6-21(7-3-18)29(37(33)34)23(24(30)26-32)20-10-12-27(13-11-20)25(31)28-14-16-36-17-15-28/h2-9,20,23,32H,10-17H2,1H3,(H,26,30)(H,33,34). The fraction of sp³-hybridized carbons (Fsp3) is 0.440. The molecule has 0 bridgehead atoms. The molecule has 2 aromatic carbocycles. The lowest BCUT2D eigenvalue weighted by molar-refractivity contribution is -0.131. The third-order valence-corrected chi connectivity index (χ3v) is 7.66. The number of hydroxylamine groups is 1. The second-order valence-electron chi connectivity index (χ2n) is 8.96. The molecule has 0 radical (unpaired) electrons. The van der Waals surface area contributed by atoms with E-state index in [1.54, 1.807) is 46.7 Å². The number of anilines is 1. The number of rotatable bonds is 7. The number of morpholine rings is 1. The molecule has 12 heteroatoms.